The smallest absolute Gasteiger partial charge is 0.243 e. The molecule has 0 atom stereocenters. The average molecular weight is 237 g/mol. The van der Waals surface area contributed by atoms with Crippen LogP contribution in [-0.4, -0.2) is 34.7 Å². The number of carbonyl (C=O) groups is 2. The second kappa shape index (κ2) is 4.86. The Kier molecular flexibility index (Phi) is 3.27. The van der Waals surface area contributed by atoms with Crippen LogP contribution in [0.1, 0.15) is 13.3 Å². The molecular formula is C10H15N5O2. The average Bonchev–Trinajstić information content (AvgIpc) is 2.70. The van der Waals surface area contributed by atoms with E-state index in [1.807, 2.05) is 4.68 Å². The molecule has 0 saturated carbocycles. The highest BCUT2D eigenvalue weighted by Gasteiger charge is 2.15. The molecule has 1 aromatic rings. The van der Waals surface area contributed by atoms with Gasteiger partial charge in [0.05, 0.1) is 12.7 Å². The predicted molar refractivity (Wildman–Crippen MR) is 62.6 cm³/mol. The molecule has 2 rings (SSSR count). The summed E-state index contributed by atoms with van der Waals surface area (Å²) in [7, 11) is 0. The summed E-state index contributed by atoms with van der Waals surface area (Å²) in [6, 6.07) is 0. The molecule has 1 aliphatic heterocycles. The lowest BCUT2D eigenvalue weighted by molar-refractivity contribution is -0.122. The van der Waals surface area contributed by atoms with Crippen LogP contribution in [0, 0.1) is 0 Å². The van der Waals surface area contributed by atoms with Crippen molar-refractivity contribution in [3.05, 3.63) is 6.20 Å². The van der Waals surface area contributed by atoms with Crippen LogP contribution in [0.25, 0.3) is 0 Å². The number of fused-ring (bicyclic) bond motifs is 1. The maximum atomic E-state index is 11.5. The van der Waals surface area contributed by atoms with E-state index in [0.717, 1.165) is 25.3 Å². The number of carbonyl (C=O) groups excluding carboxylic acids is 2. The van der Waals surface area contributed by atoms with E-state index in [2.05, 4.69) is 21.0 Å². The summed E-state index contributed by atoms with van der Waals surface area (Å²) in [5.41, 5.74) is 0.653. The molecule has 0 radical (unpaired) electrons. The number of aromatic nitrogens is 2. The number of hydrogen-bond donors (Lipinski definition) is 3. The molecule has 0 fully saturated rings. The van der Waals surface area contributed by atoms with Gasteiger partial charge >= 0.3 is 0 Å². The summed E-state index contributed by atoms with van der Waals surface area (Å²) >= 11 is 0. The topological polar surface area (TPSA) is 88.1 Å². The second-order valence-corrected chi connectivity index (χ2v) is 3.87. The Hall–Kier alpha value is -2.05. The molecule has 2 amide bonds. The molecule has 0 aromatic carbocycles. The number of amides is 2. The van der Waals surface area contributed by atoms with Crippen LogP contribution in [0.2, 0.25) is 0 Å². The summed E-state index contributed by atoms with van der Waals surface area (Å²) in [6.07, 6.45) is 2.63. The van der Waals surface area contributed by atoms with Crippen LogP contribution >= 0.6 is 0 Å². The summed E-state index contributed by atoms with van der Waals surface area (Å²) in [5.74, 6) is 0.339. The molecule has 1 aromatic heterocycles. The van der Waals surface area contributed by atoms with Crippen molar-refractivity contribution in [2.45, 2.75) is 19.9 Å². The molecule has 0 spiro atoms. The van der Waals surface area contributed by atoms with Gasteiger partial charge in [-0.3, -0.25) is 9.59 Å². The van der Waals surface area contributed by atoms with Gasteiger partial charge in [0.15, 0.2) is 0 Å². The number of aryl methyl sites for hydroxylation is 1. The van der Waals surface area contributed by atoms with E-state index in [-0.39, 0.29) is 18.4 Å². The zero-order valence-electron chi connectivity index (χ0n) is 9.62. The van der Waals surface area contributed by atoms with Crippen LogP contribution in [-0.2, 0) is 16.1 Å². The second-order valence-electron chi connectivity index (χ2n) is 3.87. The van der Waals surface area contributed by atoms with E-state index in [1.54, 1.807) is 6.20 Å². The number of anilines is 2. The van der Waals surface area contributed by atoms with Gasteiger partial charge in [-0.25, -0.2) is 4.68 Å². The Bertz CT molecular complexity index is 440. The molecule has 3 N–H and O–H groups in total. The molecule has 7 heteroatoms. The number of hydrogen-bond acceptors (Lipinski definition) is 4. The Labute approximate surface area is 98.6 Å². The van der Waals surface area contributed by atoms with Crippen LogP contribution in [0.4, 0.5) is 11.5 Å². The van der Waals surface area contributed by atoms with Crippen LogP contribution < -0.4 is 16.0 Å². The highest BCUT2D eigenvalue weighted by molar-refractivity contribution is 5.96. The van der Waals surface area contributed by atoms with Gasteiger partial charge in [-0.1, -0.05) is 0 Å². The third-order valence-electron chi connectivity index (χ3n) is 2.45. The van der Waals surface area contributed by atoms with Gasteiger partial charge in [-0.15, -0.1) is 0 Å². The fourth-order valence-electron chi connectivity index (χ4n) is 1.67. The normalized spacial score (nSPS) is 13.5. The van der Waals surface area contributed by atoms with Crippen molar-refractivity contribution in [3.63, 3.8) is 0 Å². The van der Waals surface area contributed by atoms with Gasteiger partial charge in [0, 0.05) is 20.0 Å². The Balaban J connectivity index is 1.96. The van der Waals surface area contributed by atoms with E-state index < -0.39 is 0 Å². The zero-order chi connectivity index (χ0) is 12.3. The minimum atomic E-state index is -0.261. The lowest BCUT2D eigenvalue weighted by Gasteiger charge is -2.17. The minimum Gasteiger partial charge on any atom is -0.368 e. The van der Waals surface area contributed by atoms with E-state index in [0.29, 0.717) is 5.69 Å². The first-order valence-electron chi connectivity index (χ1n) is 5.51. The quantitative estimate of drug-likeness (QED) is 0.677. The Morgan fingerprint density at radius 1 is 1.59 bits per heavy atom. The predicted octanol–water partition coefficient (Wildman–Crippen LogP) is -0.227. The number of rotatable bonds is 3. The highest BCUT2D eigenvalue weighted by atomic mass is 16.2. The van der Waals surface area contributed by atoms with Crippen molar-refractivity contribution >= 4 is 23.3 Å². The summed E-state index contributed by atoms with van der Waals surface area (Å²) in [6.45, 7) is 3.07. The maximum Gasteiger partial charge on any atom is 0.243 e. The first kappa shape index (κ1) is 11.4. The van der Waals surface area contributed by atoms with Gasteiger partial charge in [0.25, 0.3) is 0 Å². The van der Waals surface area contributed by atoms with Crippen molar-refractivity contribution < 1.29 is 9.59 Å². The lowest BCUT2D eigenvalue weighted by atomic mass is 10.3. The number of nitrogens with zero attached hydrogens (tertiary/aromatic N) is 2. The van der Waals surface area contributed by atoms with E-state index in [4.69, 9.17) is 0 Å². The molecule has 1 aliphatic rings. The van der Waals surface area contributed by atoms with Gasteiger partial charge in [0.1, 0.15) is 11.5 Å². The molecule has 0 saturated heterocycles. The third-order valence-corrected chi connectivity index (χ3v) is 2.45. The van der Waals surface area contributed by atoms with Gasteiger partial charge in [0.2, 0.25) is 11.8 Å². The van der Waals surface area contributed by atoms with E-state index >= 15 is 0 Å². The minimum absolute atomic E-state index is 0.0278. The van der Waals surface area contributed by atoms with Gasteiger partial charge in [-0.2, -0.15) is 5.10 Å². The summed E-state index contributed by atoms with van der Waals surface area (Å²) in [5, 5.41) is 12.5. The molecule has 7 nitrogen and oxygen atoms in total. The number of nitrogens with one attached hydrogen (secondary N) is 3. The van der Waals surface area contributed by atoms with E-state index in [1.165, 1.54) is 6.92 Å². The molecule has 0 unspecified atom stereocenters. The molecule has 0 aliphatic carbocycles. The fraction of sp³-hybridized carbons (Fsp3) is 0.500. The van der Waals surface area contributed by atoms with E-state index in [9.17, 15) is 9.59 Å². The van der Waals surface area contributed by atoms with Gasteiger partial charge in [-0.05, 0) is 6.42 Å². The first-order valence-corrected chi connectivity index (χ1v) is 5.51. The summed E-state index contributed by atoms with van der Waals surface area (Å²) in [4.78, 5) is 22.2. The monoisotopic (exact) mass is 237 g/mol. The lowest BCUT2D eigenvalue weighted by Crippen LogP contribution is -2.31. The molecule has 17 heavy (non-hydrogen) atoms. The summed E-state index contributed by atoms with van der Waals surface area (Å²) < 4.78 is 1.82. The SMILES string of the molecule is CC(=O)NCC(=O)Nc1cnn2c1NCCC2. The van der Waals surface area contributed by atoms with Crippen molar-refractivity contribution in [2.75, 3.05) is 23.7 Å². The largest absolute Gasteiger partial charge is 0.368 e. The van der Waals surface area contributed by atoms with Crippen molar-refractivity contribution in [3.8, 4) is 0 Å². The van der Waals surface area contributed by atoms with Crippen molar-refractivity contribution in [1.82, 2.24) is 15.1 Å². The zero-order valence-corrected chi connectivity index (χ0v) is 9.62. The van der Waals surface area contributed by atoms with Crippen molar-refractivity contribution in [1.29, 1.82) is 0 Å². The highest BCUT2D eigenvalue weighted by Crippen LogP contribution is 2.23. The van der Waals surface area contributed by atoms with Crippen LogP contribution in [0.3, 0.4) is 0 Å². The van der Waals surface area contributed by atoms with Gasteiger partial charge < -0.3 is 16.0 Å². The Morgan fingerprint density at radius 2 is 2.41 bits per heavy atom. The molecular weight excluding hydrogens is 222 g/mol. The standard InChI is InChI=1S/C10H15N5O2/c1-7(16)12-6-9(17)14-8-5-13-15-4-2-3-11-10(8)15/h5,11H,2-4,6H2,1H3,(H,12,16)(H,14,17). The Morgan fingerprint density at radius 3 is 3.18 bits per heavy atom. The van der Waals surface area contributed by atoms with Crippen LogP contribution in [0.5, 0.6) is 0 Å². The molecule has 2 heterocycles. The third kappa shape index (κ3) is 2.74. The molecule has 92 valence electrons. The fourth-order valence-corrected chi connectivity index (χ4v) is 1.67. The van der Waals surface area contributed by atoms with Crippen molar-refractivity contribution in [2.24, 2.45) is 0 Å². The van der Waals surface area contributed by atoms with Crippen LogP contribution in [0.15, 0.2) is 6.20 Å². The first-order chi connectivity index (χ1) is 8.16. The molecule has 0 bridgehead atoms. The maximum absolute atomic E-state index is 11.5.